The lowest BCUT2D eigenvalue weighted by Crippen LogP contribution is -2.60. The highest BCUT2D eigenvalue weighted by Gasteiger charge is 2.44. The second kappa shape index (κ2) is 28.1. The summed E-state index contributed by atoms with van der Waals surface area (Å²) in [6.45, 7) is 63.0. The lowest BCUT2D eigenvalue weighted by molar-refractivity contribution is 0.531. The Morgan fingerprint density at radius 2 is 0.588 bits per heavy atom. The van der Waals surface area contributed by atoms with Gasteiger partial charge in [0.05, 0.1) is 27.8 Å². The highest BCUT2D eigenvalue weighted by Crippen LogP contribution is 2.55. The van der Waals surface area contributed by atoms with Crippen molar-refractivity contribution in [3.63, 3.8) is 0 Å². The topological polar surface area (TPSA) is 38.9 Å². The van der Waals surface area contributed by atoms with Crippen LogP contribution in [-0.2, 0) is 48.7 Å². The molecule has 0 unspecified atom stereocenters. The summed E-state index contributed by atoms with van der Waals surface area (Å²) < 4.78 is 5.14. The van der Waals surface area contributed by atoms with E-state index in [0.717, 1.165) is 95.7 Å². The summed E-state index contributed by atoms with van der Waals surface area (Å²) in [5.41, 5.74) is 34.8. The van der Waals surface area contributed by atoms with Crippen LogP contribution < -0.4 is 21.3 Å². The Labute approximate surface area is 714 Å². The standard InChI is InChI=1S/C112H120BN5S/c1-104(2,3)75-38-46-90-84(59-75)85-60-76(105(4,5)6)39-47-91(85)116(90)80-42-44-88-94(65-80)118(103-82(73-55-98(109(16,17)18)114-99(56-73)110(19,20)21)63-79(108(13,14)15)64-83(103)74-57-100(111(22,23)24)115-101(58-74)112(25,26)27)95-53-72(71-51-69(67-34-30-28-31-35-67)50-70(52-71)68-36-32-29-33-37-68)54-97-102(95)113(88)89-45-43-81(66-96(89)119-97)117-92-48-40-77(106(7,8)9)61-86(92)87-62-78(107(10,11)12)41-49-93(87)117/h28-66H,1-27H3. The van der Waals surface area contributed by atoms with Gasteiger partial charge < -0.3 is 14.0 Å². The zero-order chi connectivity index (χ0) is 84.9. The van der Waals surface area contributed by atoms with E-state index in [4.69, 9.17) is 9.97 Å². The van der Waals surface area contributed by atoms with Crippen molar-refractivity contribution in [2.75, 3.05) is 4.90 Å². The molecule has 0 saturated heterocycles. The van der Waals surface area contributed by atoms with Gasteiger partial charge in [-0.1, -0.05) is 301 Å². The Kier molecular flexibility index (Phi) is 19.1. The number of fused-ring (bicyclic) bond motifs is 10. The Hall–Kier alpha value is -10.5. The normalized spacial score (nSPS) is 13.8. The van der Waals surface area contributed by atoms with Gasteiger partial charge in [-0.05, 0) is 250 Å². The Morgan fingerprint density at radius 3 is 0.941 bits per heavy atom. The number of anilines is 3. The van der Waals surface area contributed by atoms with Crippen molar-refractivity contribution >= 4 is 95.5 Å². The average Bonchev–Trinajstić information content (AvgIpc) is 1.06. The quantitative estimate of drug-likeness (QED) is 0.142. The van der Waals surface area contributed by atoms with Gasteiger partial charge in [0.25, 0.3) is 0 Å². The first-order chi connectivity index (χ1) is 55.6. The molecule has 5 nitrogen and oxygen atoms in total. The van der Waals surface area contributed by atoms with E-state index >= 15 is 0 Å². The third kappa shape index (κ3) is 14.7. The maximum atomic E-state index is 5.68. The molecule has 11 aromatic carbocycles. The number of rotatable bonds is 8. The third-order valence-electron chi connectivity index (χ3n) is 25.3. The van der Waals surface area contributed by atoms with Crippen LogP contribution in [0.2, 0.25) is 0 Å². The molecule has 0 bridgehead atoms. The molecule has 2 aliphatic heterocycles. The molecule has 4 aromatic heterocycles. The second-order valence-electron chi connectivity index (χ2n) is 43.8. The van der Waals surface area contributed by atoms with Gasteiger partial charge in [0, 0.05) is 110 Å². The summed E-state index contributed by atoms with van der Waals surface area (Å²) in [4.78, 5) is 16.6. The van der Waals surface area contributed by atoms with E-state index in [1.807, 2.05) is 11.8 Å². The summed E-state index contributed by atoms with van der Waals surface area (Å²) in [5.74, 6) is 0. The minimum Gasteiger partial charge on any atom is -0.310 e. The van der Waals surface area contributed by atoms with Crippen molar-refractivity contribution in [3.05, 3.63) is 287 Å². The average molecular weight is 1580 g/mol. The zero-order valence-corrected chi connectivity index (χ0v) is 76.6. The minimum atomic E-state index is -0.295. The number of nitrogens with zero attached hydrogens (tertiary/aromatic N) is 5. The molecule has 0 radical (unpaired) electrons. The van der Waals surface area contributed by atoms with Gasteiger partial charge in [-0.15, -0.1) is 0 Å². The van der Waals surface area contributed by atoms with Gasteiger partial charge in [0.2, 0.25) is 6.71 Å². The van der Waals surface area contributed by atoms with E-state index in [1.165, 1.54) is 109 Å². The smallest absolute Gasteiger partial charge is 0.249 e. The molecule has 0 amide bonds. The van der Waals surface area contributed by atoms with Crippen molar-refractivity contribution < 1.29 is 0 Å². The molecule has 15 aromatic rings. The van der Waals surface area contributed by atoms with Crippen LogP contribution in [0.15, 0.2) is 246 Å². The van der Waals surface area contributed by atoms with Crippen LogP contribution in [0.3, 0.4) is 0 Å². The zero-order valence-electron chi connectivity index (χ0n) is 75.7. The molecule has 0 aliphatic carbocycles. The number of hydrogen-bond acceptors (Lipinski definition) is 4. The molecule has 2 aliphatic rings. The fourth-order valence-electron chi connectivity index (χ4n) is 17.9. The van der Waals surface area contributed by atoms with Crippen LogP contribution in [0.1, 0.15) is 238 Å². The van der Waals surface area contributed by atoms with E-state index in [9.17, 15) is 0 Å². The molecule has 0 N–H and O–H groups in total. The summed E-state index contributed by atoms with van der Waals surface area (Å²) in [5, 5.41) is 5.07. The van der Waals surface area contributed by atoms with Crippen molar-refractivity contribution in [3.8, 4) is 67.0 Å². The summed E-state index contributed by atoms with van der Waals surface area (Å²) in [6, 6.07) is 93.5. The molecule has 0 spiro atoms. The van der Waals surface area contributed by atoms with Crippen LogP contribution >= 0.6 is 11.8 Å². The largest absolute Gasteiger partial charge is 0.310 e. The Morgan fingerprint density at radius 1 is 0.252 bits per heavy atom. The van der Waals surface area contributed by atoms with E-state index in [1.54, 1.807) is 0 Å². The predicted molar refractivity (Wildman–Crippen MR) is 516 cm³/mol. The van der Waals surface area contributed by atoms with Crippen molar-refractivity contribution in [2.45, 2.75) is 245 Å². The van der Waals surface area contributed by atoms with Crippen molar-refractivity contribution in [1.29, 1.82) is 0 Å². The first-order valence-electron chi connectivity index (χ1n) is 43.3. The van der Waals surface area contributed by atoms with Gasteiger partial charge in [-0.2, -0.15) is 0 Å². The van der Waals surface area contributed by atoms with Crippen molar-refractivity contribution in [2.24, 2.45) is 0 Å². The number of benzene rings is 11. The first-order valence-corrected chi connectivity index (χ1v) is 44.1. The molecule has 6 heterocycles. The SMILES string of the molecule is CC(C)(C)c1cc(-c2cc(C(C)(C)C)nc(C(C)(C)C)c2)c(N2c3cc(-n4c5ccc(C(C)(C)C)cc5c5cc(C(C)(C)C)ccc54)ccc3B3c4ccc(-n5c6ccc(C(C)(C)C)cc6c6cc(C(C)(C)C)ccc65)cc4Sc4cc(-c5cc(-c6ccccc6)cc(-c6ccccc6)c5)cc2c43)c(-c2cc(C(C)(C)C)nc(C(C)(C)C)c2)c1. The van der Waals surface area contributed by atoms with Gasteiger partial charge in [0.1, 0.15) is 0 Å². The molecular weight excluding hydrogens is 1460 g/mol. The van der Waals surface area contributed by atoms with Crippen molar-refractivity contribution in [1.82, 2.24) is 19.1 Å². The van der Waals surface area contributed by atoms with Gasteiger partial charge in [0.15, 0.2) is 0 Å². The number of pyridine rings is 2. The molecule has 602 valence electrons. The van der Waals surface area contributed by atoms with Gasteiger partial charge >= 0.3 is 0 Å². The molecule has 0 saturated carbocycles. The predicted octanol–water partition coefficient (Wildman–Crippen LogP) is 29.4. The van der Waals surface area contributed by atoms with Crippen LogP contribution in [-0.4, -0.2) is 25.8 Å². The fraction of sp³-hybridized carbons (Fsp3) is 0.321. The van der Waals surface area contributed by atoms with Crippen LogP contribution in [0.4, 0.5) is 17.1 Å². The Balaban J connectivity index is 1.06. The molecule has 0 fully saturated rings. The van der Waals surface area contributed by atoms with E-state index in [2.05, 4.69) is 438 Å². The maximum Gasteiger partial charge on any atom is 0.249 e. The molecular formula is C112H120BN5S. The fourth-order valence-corrected chi connectivity index (χ4v) is 19.2. The van der Waals surface area contributed by atoms with Crippen LogP contribution in [0.25, 0.3) is 111 Å². The Bertz CT molecular complexity index is 6250. The van der Waals surface area contributed by atoms with Gasteiger partial charge in [-0.25, -0.2) is 0 Å². The number of aromatic nitrogens is 4. The van der Waals surface area contributed by atoms with Gasteiger partial charge in [-0.3, -0.25) is 9.97 Å². The molecule has 0 atom stereocenters. The monoisotopic (exact) mass is 1580 g/mol. The van der Waals surface area contributed by atoms with E-state index in [-0.39, 0.29) is 55.4 Å². The summed E-state index contributed by atoms with van der Waals surface area (Å²) >= 11 is 1.94. The number of hydrogen-bond donors (Lipinski definition) is 0. The van der Waals surface area contributed by atoms with E-state index < -0.39 is 0 Å². The first kappa shape index (κ1) is 80.9. The van der Waals surface area contributed by atoms with Crippen LogP contribution in [0.5, 0.6) is 0 Å². The molecule has 7 heteroatoms. The van der Waals surface area contributed by atoms with E-state index in [0.29, 0.717) is 0 Å². The lowest BCUT2D eigenvalue weighted by atomic mass is 9.34. The minimum absolute atomic E-state index is 0.0413. The second-order valence-corrected chi connectivity index (χ2v) is 44.9. The molecule has 119 heavy (non-hydrogen) atoms. The summed E-state index contributed by atoms with van der Waals surface area (Å²) in [7, 11) is 0. The lowest BCUT2D eigenvalue weighted by Gasteiger charge is -2.42. The third-order valence-corrected chi connectivity index (χ3v) is 26.4. The van der Waals surface area contributed by atoms with Crippen LogP contribution in [0, 0.1) is 0 Å². The molecule has 17 rings (SSSR count). The highest BCUT2D eigenvalue weighted by atomic mass is 32.2. The maximum absolute atomic E-state index is 5.68. The summed E-state index contributed by atoms with van der Waals surface area (Å²) in [6.07, 6.45) is 0. The highest BCUT2D eigenvalue weighted by molar-refractivity contribution is 8.00.